The van der Waals surface area contributed by atoms with Gasteiger partial charge in [-0.05, 0) is 38.5 Å². The zero-order valence-electron chi connectivity index (χ0n) is 8.08. The van der Waals surface area contributed by atoms with Gasteiger partial charge < -0.3 is 0 Å². The summed E-state index contributed by atoms with van der Waals surface area (Å²) in [4.78, 5) is 2.80. The average Bonchev–Trinajstić information content (AvgIpc) is 2.95. The molecule has 3 aliphatic rings. The molecule has 3 nitrogen and oxygen atoms in total. The number of hydrogen-bond donors (Lipinski definition) is 2. The van der Waals surface area contributed by atoms with E-state index in [0.717, 1.165) is 18.1 Å². The molecule has 74 valence electrons. The molecule has 2 bridgehead atoms. The fraction of sp³-hybridized carbons (Fsp3) is 1.00. The van der Waals surface area contributed by atoms with Crippen molar-refractivity contribution >= 4 is 0 Å². The van der Waals surface area contributed by atoms with Crippen LogP contribution in [0.5, 0.6) is 0 Å². The summed E-state index contributed by atoms with van der Waals surface area (Å²) in [5, 5.41) is 0. The van der Waals surface area contributed by atoms with Crippen LogP contribution < -0.4 is 11.3 Å². The van der Waals surface area contributed by atoms with Gasteiger partial charge in [-0.1, -0.05) is 0 Å². The second-order valence-corrected chi connectivity index (χ2v) is 4.90. The van der Waals surface area contributed by atoms with Crippen molar-refractivity contribution in [3.05, 3.63) is 0 Å². The van der Waals surface area contributed by atoms with E-state index >= 15 is 0 Å². The van der Waals surface area contributed by atoms with Gasteiger partial charge in [0.05, 0.1) is 0 Å². The van der Waals surface area contributed by atoms with Crippen molar-refractivity contribution in [1.82, 2.24) is 10.3 Å². The minimum absolute atomic E-state index is 0.590. The third kappa shape index (κ3) is 1.30. The number of hydrazine groups is 1. The van der Waals surface area contributed by atoms with Crippen LogP contribution in [-0.4, -0.2) is 29.1 Å². The Hall–Kier alpha value is -0.120. The molecule has 3 N–H and O–H groups in total. The van der Waals surface area contributed by atoms with Crippen LogP contribution in [0, 0.1) is 0 Å². The maximum atomic E-state index is 5.52. The molecule has 0 aromatic heterocycles. The molecule has 1 unspecified atom stereocenters. The van der Waals surface area contributed by atoms with Crippen LogP contribution >= 0.6 is 0 Å². The highest BCUT2D eigenvalue weighted by atomic mass is 15.3. The number of nitrogens with zero attached hydrogens (tertiary/aromatic N) is 1. The van der Waals surface area contributed by atoms with Gasteiger partial charge in [0.1, 0.15) is 0 Å². The molecule has 1 aliphatic carbocycles. The van der Waals surface area contributed by atoms with E-state index in [1.165, 1.54) is 38.5 Å². The summed E-state index contributed by atoms with van der Waals surface area (Å²) in [5.41, 5.74) is 2.96. The zero-order valence-corrected chi connectivity index (χ0v) is 8.08. The van der Waals surface area contributed by atoms with Crippen molar-refractivity contribution in [3.63, 3.8) is 0 Å². The third-order valence-corrected chi connectivity index (χ3v) is 3.99. The van der Waals surface area contributed by atoms with E-state index in [9.17, 15) is 0 Å². The van der Waals surface area contributed by atoms with Crippen molar-refractivity contribution in [1.29, 1.82) is 0 Å². The summed E-state index contributed by atoms with van der Waals surface area (Å²) in [6.07, 6.45) is 8.30. The molecule has 2 saturated heterocycles. The molecule has 3 rings (SSSR count). The van der Waals surface area contributed by atoms with Crippen molar-refractivity contribution in [3.8, 4) is 0 Å². The molecule has 3 fully saturated rings. The van der Waals surface area contributed by atoms with Crippen LogP contribution in [0.25, 0.3) is 0 Å². The van der Waals surface area contributed by atoms with Gasteiger partial charge in [-0.3, -0.25) is 16.2 Å². The highest BCUT2D eigenvalue weighted by Crippen LogP contribution is 2.43. The normalized spacial score (nSPS) is 45.5. The van der Waals surface area contributed by atoms with Gasteiger partial charge in [-0.2, -0.15) is 0 Å². The number of piperidine rings is 1. The summed E-state index contributed by atoms with van der Waals surface area (Å²) >= 11 is 0. The Bertz CT molecular complexity index is 188. The molecule has 3 heteroatoms. The first kappa shape index (κ1) is 8.21. The molecule has 13 heavy (non-hydrogen) atoms. The Morgan fingerprint density at radius 3 is 1.92 bits per heavy atom. The maximum Gasteiger partial charge on any atom is 0.0240 e. The third-order valence-electron chi connectivity index (χ3n) is 3.99. The SMILES string of the molecule is NNC1C[C@H]2CC[C@@H](C1)N2C1CC1. The first-order chi connectivity index (χ1) is 6.38. The molecular weight excluding hydrogens is 162 g/mol. The Morgan fingerprint density at radius 1 is 0.923 bits per heavy atom. The first-order valence-electron chi connectivity index (χ1n) is 5.62. The lowest BCUT2D eigenvalue weighted by Crippen LogP contribution is -2.51. The molecule has 0 radical (unpaired) electrons. The minimum Gasteiger partial charge on any atom is -0.294 e. The van der Waals surface area contributed by atoms with Crippen molar-refractivity contribution in [2.45, 2.75) is 62.7 Å². The Kier molecular flexibility index (Phi) is 1.86. The van der Waals surface area contributed by atoms with Gasteiger partial charge in [0, 0.05) is 24.2 Å². The van der Waals surface area contributed by atoms with Gasteiger partial charge in [0.2, 0.25) is 0 Å². The molecule has 0 aromatic carbocycles. The predicted molar refractivity (Wildman–Crippen MR) is 52.0 cm³/mol. The van der Waals surface area contributed by atoms with E-state index in [1.807, 2.05) is 0 Å². The van der Waals surface area contributed by atoms with E-state index < -0.39 is 0 Å². The highest BCUT2D eigenvalue weighted by molar-refractivity contribution is 5.02. The number of fused-ring (bicyclic) bond motifs is 2. The summed E-state index contributed by atoms with van der Waals surface area (Å²) < 4.78 is 0. The van der Waals surface area contributed by atoms with Crippen molar-refractivity contribution in [2.75, 3.05) is 0 Å². The number of hydrogen-bond acceptors (Lipinski definition) is 3. The quantitative estimate of drug-likeness (QED) is 0.484. The van der Waals surface area contributed by atoms with Crippen molar-refractivity contribution in [2.24, 2.45) is 5.84 Å². The minimum atomic E-state index is 0.590. The largest absolute Gasteiger partial charge is 0.294 e. The number of nitrogens with two attached hydrogens (primary N) is 1. The number of rotatable bonds is 2. The van der Waals surface area contributed by atoms with E-state index in [4.69, 9.17) is 5.84 Å². The molecule has 1 saturated carbocycles. The average molecular weight is 181 g/mol. The molecule has 0 spiro atoms. The standard InChI is InChI=1S/C10H19N3/c11-12-7-5-9-3-4-10(6-7)13(9)8-1-2-8/h7-10,12H,1-6,11H2/t7?,9-,10+. The highest BCUT2D eigenvalue weighted by Gasteiger charge is 2.46. The lowest BCUT2D eigenvalue weighted by molar-refractivity contribution is 0.109. The molecule has 0 aromatic rings. The first-order valence-corrected chi connectivity index (χ1v) is 5.62. The summed E-state index contributed by atoms with van der Waals surface area (Å²) in [6.45, 7) is 0. The molecular formula is C10H19N3. The Labute approximate surface area is 79.6 Å². The second-order valence-electron chi connectivity index (χ2n) is 4.90. The van der Waals surface area contributed by atoms with E-state index in [-0.39, 0.29) is 0 Å². The topological polar surface area (TPSA) is 41.3 Å². The lowest BCUT2D eigenvalue weighted by Gasteiger charge is -2.38. The monoisotopic (exact) mass is 181 g/mol. The van der Waals surface area contributed by atoms with Gasteiger partial charge in [0.25, 0.3) is 0 Å². The van der Waals surface area contributed by atoms with Gasteiger partial charge >= 0.3 is 0 Å². The summed E-state index contributed by atoms with van der Waals surface area (Å²) in [7, 11) is 0. The fourth-order valence-corrected chi connectivity index (χ4v) is 3.32. The smallest absolute Gasteiger partial charge is 0.0240 e. The van der Waals surface area contributed by atoms with E-state index in [2.05, 4.69) is 10.3 Å². The molecule has 2 aliphatic heterocycles. The Morgan fingerprint density at radius 2 is 1.46 bits per heavy atom. The van der Waals surface area contributed by atoms with E-state index in [0.29, 0.717) is 6.04 Å². The second kappa shape index (κ2) is 2.94. The van der Waals surface area contributed by atoms with Gasteiger partial charge in [-0.15, -0.1) is 0 Å². The van der Waals surface area contributed by atoms with Gasteiger partial charge in [-0.25, -0.2) is 0 Å². The number of nitrogens with one attached hydrogen (secondary N) is 1. The lowest BCUT2D eigenvalue weighted by atomic mass is 9.98. The molecule has 2 heterocycles. The van der Waals surface area contributed by atoms with E-state index in [1.54, 1.807) is 0 Å². The van der Waals surface area contributed by atoms with Crippen LogP contribution in [0.2, 0.25) is 0 Å². The summed E-state index contributed by atoms with van der Waals surface area (Å²) in [5.74, 6) is 5.52. The molecule has 0 amide bonds. The van der Waals surface area contributed by atoms with Crippen LogP contribution in [0.4, 0.5) is 0 Å². The van der Waals surface area contributed by atoms with Crippen LogP contribution in [0.1, 0.15) is 38.5 Å². The maximum absolute atomic E-state index is 5.52. The van der Waals surface area contributed by atoms with Crippen LogP contribution in [0.15, 0.2) is 0 Å². The predicted octanol–water partition coefficient (Wildman–Crippen LogP) is 0.607. The van der Waals surface area contributed by atoms with Crippen molar-refractivity contribution < 1.29 is 0 Å². The Balaban J connectivity index is 1.73. The summed E-state index contributed by atoms with van der Waals surface area (Å²) in [6, 6.07) is 3.25. The zero-order chi connectivity index (χ0) is 8.84. The van der Waals surface area contributed by atoms with Crippen LogP contribution in [-0.2, 0) is 0 Å². The van der Waals surface area contributed by atoms with Gasteiger partial charge in [0.15, 0.2) is 0 Å². The fourth-order valence-electron chi connectivity index (χ4n) is 3.32. The van der Waals surface area contributed by atoms with Crippen LogP contribution in [0.3, 0.4) is 0 Å². The molecule has 3 atom stereocenters.